The van der Waals surface area contributed by atoms with Crippen LogP contribution in [0.25, 0.3) is 0 Å². The minimum Gasteiger partial charge on any atom is -0.395 e. The molecule has 0 unspecified atom stereocenters. The second-order valence-corrected chi connectivity index (χ2v) is 2.96. The number of aliphatic hydroxyl groups is 2. The molecule has 0 heterocycles. The molecule has 0 aliphatic carbocycles. The van der Waals surface area contributed by atoms with Gasteiger partial charge in [0.1, 0.15) is 6.61 Å². The fraction of sp³-hybridized carbons (Fsp3) is 0.857. The highest BCUT2D eigenvalue weighted by molar-refractivity contribution is 5.75. The summed E-state index contributed by atoms with van der Waals surface area (Å²) in [5.41, 5.74) is -0.963. The van der Waals surface area contributed by atoms with Crippen molar-refractivity contribution in [2.24, 2.45) is 5.41 Å². The maximum atomic E-state index is 11.0. The molecule has 0 rings (SSSR count). The van der Waals surface area contributed by atoms with Crippen molar-refractivity contribution in [2.75, 3.05) is 19.8 Å². The van der Waals surface area contributed by atoms with E-state index in [1.165, 1.54) is 13.8 Å². The quantitative estimate of drug-likeness (QED) is 0.336. The summed E-state index contributed by atoms with van der Waals surface area (Å²) in [4.78, 5) is 19.6. The van der Waals surface area contributed by atoms with Crippen LogP contribution in [0.4, 0.5) is 0 Å². The molecule has 2 N–H and O–H groups in total. The maximum Gasteiger partial charge on any atom is 0.350 e. The number of hydrogen-bond donors (Lipinski definition) is 2. The average Bonchev–Trinajstić information content (AvgIpc) is 2.05. The van der Waals surface area contributed by atoms with Gasteiger partial charge in [-0.25, -0.2) is 4.79 Å². The van der Waals surface area contributed by atoms with Gasteiger partial charge in [0.15, 0.2) is 0 Å². The molecule has 0 aliphatic rings. The lowest BCUT2D eigenvalue weighted by Crippen LogP contribution is -2.30. The Morgan fingerprint density at radius 1 is 1.42 bits per heavy atom. The molecule has 5 nitrogen and oxygen atoms in total. The molecule has 0 saturated carbocycles. The molecule has 0 aromatic heterocycles. The third-order valence-electron chi connectivity index (χ3n) is 1.26. The van der Waals surface area contributed by atoms with Crippen molar-refractivity contribution in [3.05, 3.63) is 0 Å². The van der Waals surface area contributed by atoms with Crippen LogP contribution in [0.2, 0.25) is 0 Å². The van der Waals surface area contributed by atoms with Gasteiger partial charge in [-0.15, -0.1) is 0 Å². The van der Waals surface area contributed by atoms with E-state index in [0.717, 1.165) is 0 Å². The smallest absolute Gasteiger partial charge is 0.350 e. The van der Waals surface area contributed by atoms with E-state index in [0.29, 0.717) is 0 Å². The van der Waals surface area contributed by atoms with E-state index in [1.807, 2.05) is 0 Å². The first-order chi connectivity index (χ1) is 5.54. The molecule has 12 heavy (non-hydrogen) atoms. The van der Waals surface area contributed by atoms with E-state index in [1.54, 1.807) is 0 Å². The van der Waals surface area contributed by atoms with Crippen LogP contribution in [0.5, 0.6) is 0 Å². The van der Waals surface area contributed by atoms with E-state index in [4.69, 9.17) is 10.2 Å². The molecule has 0 saturated heterocycles. The second kappa shape index (κ2) is 5.08. The largest absolute Gasteiger partial charge is 0.395 e. The SMILES string of the molecule is CC(C)(CO)C(=O)OOCCO. The molecule has 0 radical (unpaired) electrons. The average molecular weight is 178 g/mol. The van der Waals surface area contributed by atoms with Crippen LogP contribution in [0.15, 0.2) is 0 Å². The van der Waals surface area contributed by atoms with Crippen molar-refractivity contribution < 1.29 is 24.8 Å². The molecule has 0 spiro atoms. The molecule has 72 valence electrons. The van der Waals surface area contributed by atoms with Crippen molar-refractivity contribution in [1.82, 2.24) is 0 Å². The first-order valence-corrected chi connectivity index (χ1v) is 3.60. The fourth-order valence-electron chi connectivity index (χ4n) is 0.310. The molecule has 0 aliphatic heterocycles. The molecule has 0 amide bonds. The van der Waals surface area contributed by atoms with Crippen molar-refractivity contribution in [1.29, 1.82) is 0 Å². The molecule has 0 aromatic rings. The van der Waals surface area contributed by atoms with Crippen LogP contribution < -0.4 is 0 Å². The summed E-state index contributed by atoms with van der Waals surface area (Å²) in [6, 6.07) is 0. The van der Waals surface area contributed by atoms with Crippen LogP contribution >= 0.6 is 0 Å². The topological polar surface area (TPSA) is 76.0 Å². The van der Waals surface area contributed by atoms with Gasteiger partial charge < -0.3 is 10.2 Å². The third kappa shape index (κ3) is 3.66. The van der Waals surface area contributed by atoms with E-state index in [-0.39, 0.29) is 19.8 Å². The lowest BCUT2D eigenvalue weighted by Gasteiger charge is -2.17. The van der Waals surface area contributed by atoms with Gasteiger partial charge in [-0.05, 0) is 13.8 Å². The molecular weight excluding hydrogens is 164 g/mol. The second-order valence-electron chi connectivity index (χ2n) is 2.96. The van der Waals surface area contributed by atoms with E-state index < -0.39 is 11.4 Å². The van der Waals surface area contributed by atoms with Crippen LogP contribution in [0.1, 0.15) is 13.8 Å². The molecule has 0 aromatic carbocycles. The zero-order valence-corrected chi connectivity index (χ0v) is 7.24. The summed E-state index contributed by atoms with van der Waals surface area (Å²) in [5.74, 6) is -0.654. The number of hydrogen-bond acceptors (Lipinski definition) is 5. The molecular formula is C7H14O5. The Kier molecular flexibility index (Phi) is 4.80. The predicted octanol–water partition coefficient (Wildman–Crippen LogP) is -0.528. The van der Waals surface area contributed by atoms with Crippen LogP contribution in [0.3, 0.4) is 0 Å². The first kappa shape index (κ1) is 11.4. The lowest BCUT2D eigenvalue weighted by atomic mass is 9.96. The summed E-state index contributed by atoms with van der Waals surface area (Å²) < 4.78 is 0. The van der Waals surface area contributed by atoms with Crippen LogP contribution in [0, 0.1) is 5.41 Å². The molecule has 0 fully saturated rings. The highest BCUT2D eigenvalue weighted by Gasteiger charge is 2.29. The van der Waals surface area contributed by atoms with Gasteiger partial charge in [0.05, 0.1) is 18.6 Å². The third-order valence-corrected chi connectivity index (χ3v) is 1.26. The highest BCUT2D eigenvalue weighted by atomic mass is 17.2. The zero-order valence-electron chi connectivity index (χ0n) is 7.24. The first-order valence-electron chi connectivity index (χ1n) is 3.60. The minimum atomic E-state index is -0.963. The fourth-order valence-corrected chi connectivity index (χ4v) is 0.310. The molecule has 5 heteroatoms. The molecule has 0 bridgehead atoms. The lowest BCUT2D eigenvalue weighted by molar-refractivity contribution is -0.283. The normalized spacial score (nSPS) is 11.3. The number of rotatable bonds is 5. The molecule has 0 atom stereocenters. The van der Waals surface area contributed by atoms with Gasteiger partial charge >= 0.3 is 5.97 Å². The van der Waals surface area contributed by atoms with E-state index in [2.05, 4.69) is 9.78 Å². The Balaban J connectivity index is 3.72. The predicted molar refractivity (Wildman–Crippen MR) is 40.0 cm³/mol. The number of aliphatic hydroxyl groups excluding tert-OH is 2. The summed E-state index contributed by atoms with van der Waals surface area (Å²) in [6.45, 7) is 2.46. The van der Waals surface area contributed by atoms with Crippen molar-refractivity contribution in [2.45, 2.75) is 13.8 Å². The number of carbonyl (C=O) groups excluding carboxylic acids is 1. The van der Waals surface area contributed by atoms with Gasteiger partial charge in [0.25, 0.3) is 0 Å². The summed E-state index contributed by atoms with van der Waals surface area (Å²) in [7, 11) is 0. The standard InChI is InChI=1S/C7H14O5/c1-7(2,5-9)6(10)12-11-4-3-8/h8-9H,3-5H2,1-2H3. The Bertz CT molecular complexity index is 143. The Labute approximate surface area is 70.8 Å². The van der Waals surface area contributed by atoms with Crippen molar-refractivity contribution in [3.8, 4) is 0 Å². The van der Waals surface area contributed by atoms with E-state index in [9.17, 15) is 4.79 Å². The van der Waals surface area contributed by atoms with Gasteiger partial charge in [0.2, 0.25) is 0 Å². The van der Waals surface area contributed by atoms with Crippen molar-refractivity contribution in [3.63, 3.8) is 0 Å². The van der Waals surface area contributed by atoms with Gasteiger partial charge in [-0.3, -0.25) is 4.89 Å². The Morgan fingerprint density at radius 2 is 2.00 bits per heavy atom. The minimum absolute atomic E-state index is 0.0623. The van der Waals surface area contributed by atoms with Gasteiger partial charge in [0, 0.05) is 0 Å². The Morgan fingerprint density at radius 3 is 2.42 bits per heavy atom. The number of carbonyl (C=O) groups is 1. The van der Waals surface area contributed by atoms with Crippen LogP contribution in [-0.2, 0) is 14.6 Å². The summed E-state index contributed by atoms with van der Waals surface area (Å²) in [6.07, 6.45) is 0. The van der Waals surface area contributed by atoms with E-state index >= 15 is 0 Å². The Hall–Kier alpha value is -0.650. The monoisotopic (exact) mass is 178 g/mol. The van der Waals surface area contributed by atoms with Crippen molar-refractivity contribution >= 4 is 5.97 Å². The summed E-state index contributed by atoms with van der Waals surface area (Å²) in [5, 5.41) is 17.0. The van der Waals surface area contributed by atoms with Gasteiger partial charge in [-0.2, -0.15) is 4.89 Å². The summed E-state index contributed by atoms with van der Waals surface area (Å²) >= 11 is 0. The zero-order chi connectivity index (χ0) is 9.61. The van der Waals surface area contributed by atoms with Crippen LogP contribution in [-0.4, -0.2) is 36.0 Å². The van der Waals surface area contributed by atoms with Gasteiger partial charge in [-0.1, -0.05) is 0 Å². The maximum absolute atomic E-state index is 11.0. The highest BCUT2D eigenvalue weighted by Crippen LogP contribution is 2.15.